The number of benzene rings is 2. The summed E-state index contributed by atoms with van der Waals surface area (Å²) in [6, 6.07) is 7.73. The van der Waals surface area contributed by atoms with Crippen molar-refractivity contribution < 1.29 is 22.7 Å². The fraction of sp³-hybridized carbons (Fsp3) is 0.350. The molecule has 0 saturated carbocycles. The molecule has 0 atom stereocenters. The summed E-state index contributed by atoms with van der Waals surface area (Å²) < 4.78 is 46.6. The summed E-state index contributed by atoms with van der Waals surface area (Å²) in [4.78, 5) is 11.7. The third-order valence-electron chi connectivity index (χ3n) is 4.21. The lowest BCUT2D eigenvalue weighted by molar-refractivity contribution is -0.139. The van der Waals surface area contributed by atoms with E-state index in [0.717, 1.165) is 11.6 Å². The van der Waals surface area contributed by atoms with Crippen LogP contribution in [-0.4, -0.2) is 5.91 Å². The highest BCUT2D eigenvalue weighted by Gasteiger charge is 2.35. The molecule has 146 valence electrons. The highest BCUT2D eigenvalue weighted by Crippen LogP contribution is 2.39. The molecule has 0 unspecified atom stereocenters. The van der Waals surface area contributed by atoms with E-state index >= 15 is 0 Å². The predicted molar refractivity (Wildman–Crippen MR) is 103 cm³/mol. The van der Waals surface area contributed by atoms with Crippen LogP contribution in [0.3, 0.4) is 0 Å². The maximum atomic E-state index is 13.5. The minimum absolute atomic E-state index is 0.116. The number of halogens is 4. The van der Waals surface area contributed by atoms with E-state index in [4.69, 9.17) is 4.74 Å². The van der Waals surface area contributed by atoms with Crippen LogP contribution in [0.5, 0.6) is 5.75 Å². The number of hydrogen-bond donors (Lipinski definition) is 1. The lowest BCUT2D eigenvalue weighted by Gasteiger charge is -2.18. The Kier molecular flexibility index (Phi) is 6.92. The zero-order valence-electron chi connectivity index (χ0n) is 15.3. The number of ether oxygens (including phenoxy) is 1. The van der Waals surface area contributed by atoms with Crippen LogP contribution in [0.4, 0.5) is 18.9 Å². The van der Waals surface area contributed by atoms with Gasteiger partial charge in [0.05, 0.1) is 5.56 Å². The number of aryl methyl sites for hydroxylation is 2. The van der Waals surface area contributed by atoms with Gasteiger partial charge in [0.1, 0.15) is 12.4 Å². The van der Waals surface area contributed by atoms with E-state index in [1.807, 2.05) is 6.92 Å². The van der Waals surface area contributed by atoms with Crippen molar-refractivity contribution >= 4 is 27.5 Å². The van der Waals surface area contributed by atoms with Gasteiger partial charge in [0.15, 0.2) is 0 Å². The number of anilines is 1. The van der Waals surface area contributed by atoms with Crippen LogP contribution < -0.4 is 10.1 Å². The van der Waals surface area contributed by atoms with Crippen molar-refractivity contribution in [3.63, 3.8) is 0 Å². The molecule has 27 heavy (non-hydrogen) atoms. The zero-order chi connectivity index (χ0) is 20.2. The molecule has 0 bridgehead atoms. The molecule has 3 nitrogen and oxygen atoms in total. The molecule has 2 rings (SSSR count). The number of carbonyl (C=O) groups excluding carboxylic acids is 1. The first-order valence-electron chi connectivity index (χ1n) is 8.58. The van der Waals surface area contributed by atoms with Crippen molar-refractivity contribution in [3.05, 3.63) is 57.1 Å². The molecule has 0 radical (unpaired) electrons. The van der Waals surface area contributed by atoms with Gasteiger partial charge in [-0.2, -0.15) is 13.2 Å². The molecule has 0 aliphatic carbocycles. The second-order valence-corrected chi connectivity index (χ2v) is 6.94. The van der Waals surface area contributed by atoms with Crippen molar-refractivity contribution in [1.82, 2.24) is 0 Å². The molecule has 0 saturated heterocycles. The molecule has 2 aromatic rings. The second-order valence-electron chi connectivity index (χ2n) is 6.08. The molecule has 0 aromatic heterocycles. The van der Waals surface area contributed by atoms with Gasteiger partial charge in [0.25, 0.3) is 0 Å². The Balaban J connectivity index is 2.37. The average Bonchev–Trinajstić information content (AvgIpc) is 2.60. The quantitative estimate of drug-likeness (QED) is 0.571. The van der Waals surface area contributed by atoms with Crippen LogP contribution >= 0.6 is 15.9 Å². The molecule has 1 N–H and O–H groups in total. The Morgan fingerprint density at radius 2 is 1.93 bits per heavy atom. The zero-order valence-corrected chi connectivity index (χ0v) is 16.9. The molecule has 2 aromatic carbocycles. The van der Waals surface area contributed by atoms with Gasteiger partial charge >= 0.3 is 6.18 Å². The number of alkyl halides is 3. The van der Waals surface area contributed by atoms with Crippen molar-refractivity contribution in [3.8, 4) is 5.75 Å². The first-order valence-corrected chi connectivity index (χ1v) is 9.37. The minimum atomic E-state index is -4.51. The normalized spacial score (nSPS) is 11.4. The highest BCUT2D eigenvalue weighted by atomic mass is 79.9. The summed E-state index contributed by atoms with van der Waals surface area (Å²) in [5.41, 5.74) is 1.66. The summed E-state index contributed by atoms with van der Waals surface area (Å²) in [5.74, 6) is -0.408. The molecular weight excluding hydrogens is 423 g/mol. The van der Waals surface area contributed by atoms with Crippen molar-refractivity contribution in [2.75, 3.05) is 5.32 Å². The molecular formula is C20H21BrF3NO2. The Labute approximate surface area is 165 Å². The summed E-state index contributed by atoms with van der Waals surface area (Å²) in [7, 11) is 0. The molecule has 1 amide bonds. The Morgan fingerprint density at radius 1 is 1.22 bits per heavy atom. The van der Waals surface area contributed by atoms with Gasteiger partial charge in [-0.05, 0) is 48.7 Å². The van der Waals surface area contributed by atoms with Gasteiger partial charge in [-0.15, -0.1) is 0 Å². The third kappa shape index (κ3) is 5.25. The lowest BCUT2D eigenvalue weighted by Crippen LogP contribution is -2.14. The van der Waals surface area contributed by atoms with E-state index in [9.17, 15) is 18.0 Å². The SMILES string of the molecule is CCC(=O)Nc1cccc(Br)c1COc1cc(C)c(CC)cc1C(F)(F)F. The minimum Gasteiger partial charge on any atom is -0.488 e. The fourth-order valence-electron chi connectivity index (χ4n) is 2.66. The number of rotatable bonds is 6. The summed E-state index contributed by atoms with van der Waals surface area (Å²) in [5, 5.41) is 2.74. The van der Waals surface area contributed by atoms with Crippen LogP contribution in [0.25, 0.3) is 0 Å². The lowest BCUT2D eigenvalue weighted by atomic mass is 10.0. The topological polar surface area (TPSA) is 38.3 Å². The predicted octanol–water partition coefficient (Wildman–Crippen LogP) is 6.27. The summed E-state index contributed by atoms with van der Waals surface area (Å²) in [6.07, 6.45) is -3.71. The van der Waals surface area contributed by atoms with E-state index in [1.165, 1.54) is 6.07 Å². The van der Waals surface area contributed by atoms with Gasteiger partial charge in [0.2, 0.25) is 5.91 Å². The van der Waals surface area contributed by atoms with E-state index < -0.39 is 11.7 Å². The van der Waals surface area contributed by atoms with Gasteiger partial charge < -0.3 is 10.1 Å². The van der Waals surface area contributed by atoms with Gasteiger partial charge in [-0.25, -0.2) is 0 Å². The Morgan fingerprint density at radius 3 is 2.52 bits per heavy atom. The molecule has 7 heteroatoms. The first kappa shape index (κ1) is 21.3. The monoisotopic (exact) mass is 443 g/mol. The first-order chi connectivity index (χ1) is 12.7. The van der Waals surface area contributed by atoms with Gasteiger partial charge in [0, 0.05) is 22.1 Å². The molecule has 0 fully saturated rings. The van der Waals surface area contributed by atoms with Crippen LogP contribution in [-0.2, 0) is 24.0 Å². The largest absolute Gasteiger partial charge is 0.488 e. The van der Waals surface area contributed by atoms with E-state index in [0.29, 0.717) is 34.1 Å². The van der Waals surface area contributed by atoms with Gasteiger partial charge in [-0.3, -0.25) is 4.79 Å². The van der Waals surface area contributed by atoms with E-state index in [-0.39, 0.29) is 18.3 Å². The number of amides is 1. The number of nitrogens with one attached hydrogen (secondary N) is 1. The average molecular weight is 444 g/mol. The van der Waals surface area contributed by atoms with Gasteiger partial charge in [-0.1, -0.05) is 35.8 Å². The summed E-state index contributed by atoms with van der Waals surface area (Å²) >= 11 is 3.37. The standard InChI is InChI=1S/C20H21BrF3NO2/c1-4-13-10-15(20(22,23)24)18(9-12(13)3)27-11-14-16(21)7-6-8-17(14)25-19(26)5-2/h6-10H,4-5,11H2,1-3H3,(H,25,26). The number of carbonyl (C=O) groups is 1. The van der Waals surface area contributed by atoms with E-state index in [2.05, 4.69) is 21.2 Å². The highest BCUT2D eigenvalue weighted by molar-refractivity contribution is 9.10. The van der Waals surface area contributed by atoms with Crippen molar-refractivity contribution in [1.29, 1.82) is 0 Å². The van der Waals surface area contributed by atoms with Crippen LogP contribution in [0.15, 0.2) is 34.8 Å². The Bertz CT molecular complexity index is 835. The Hall–Kier alpha value is -2.02. The third-order valence-corrected chi connectivity index (χ3v) is 4.95. The molecule has 0 heterocycles. The van der Waals surface area contributed by atoms with E-state index in [1.54, 1.807) is 32.0 Å². The maximum Gasteiger partial charge on any atom is 0.419 e. The molecule has 0 aliphatic heterocycles. The second kappa shape index (κ2) is 8.78. The molecule has 0 spiro atoms. The van der Waals surface area contributed by atoms with Crippen LogP contribution in [0.2, 0.25) is 0 Å². The molecule has 0 aliphatic rings. The smallest absolute Gasteiger partial charge is 0.419 e. The fourth-order valence-corrected chi connectivity index (χ4v) is 3.14. The summed E-state index contributed by atoms with van der Waals surface area (Å²) in [6.45, 7) is 5.18. The van der Waals surface area contributed by atoms with Crippen LogP contribution in [0, 0.1) is 6.92 Å². The number of hydrogen-bond acceptors (Lipinski definition) is 2. The maximum absolute atomic E-state index is 13.5. The van der Waals surface area contributed by atoms with Crippen molar-refractivity contribution in [2.24, 2.45) is 0 Å². The van der Waals surface area contributed by atoms with Crippen LogP contribution in [0.1, 0.15) is 42.5 Å². The van der Waals surface area contributed by atoms with Crippen molar-refractivity contribution in [2.45, 2.75) is 46.4 Å².